The summed E-state index contributed by atoms with van der Waals surface area (Å²) < 4.78 is 19.6. The van der Waals surface area contributed by atoms with Crippen molar-refractivity contribution in [2.45, 2.75) is 52.3 Å². The maximum Gasteiger partial charge on any atom is 0.323 e. The number of halogens is 1. The number of urea groups is 2. The van der Waals surface area contributed by atoms with Gasteiger partial charge in [0.05, 0.1) is 25.6 Å². The molecule has 0 saturated carbocycles. The van der Waals surface area contributed by atoms with Crippen LogP contribution >= 0.6 is 0 Å². The maximum atomic E-state index is 13.3. The van der Waals surface area contributed by atoms with Gasteiger partial charge in [-0.3, -0.25) is 4.79 Å². The average molecular weight is 544 g/mol. The molecule has 4 N–H and O–H groups in total. The molecule has 2 aromatic carbocycles. The summed E-state index contributed by atoms with van der Waals surface area (Å²) in [6.07, 6.45) is -0.454. The number of aliphatic hydroxyl groups excluding tert-OH is 1. The van der Waals surface area contributed by atoms with Crippen LogP contribution in [0.2, 0.25) is 0 Å². The predicted octanol–water partition coefficient (Wildman–Crippen LogP) is 3.67. The second-order valence-corrected chi connectivity index (χ2v) is 10.3. The molecule has 212 valence electrons. The van der Waals surface area contributed by atoms with Crippen LogP contribution in [0.25, 0.3) is 0 Å². The van der Waals surface area contributed by atoms with Gasteiger partial charge in [-0.05, 0) is 63.2 Å². The molecule has 3 atom stereocenters. The molecule has 0 spiro atoms. The highest BCUT2D eigenvalue weighted by molar-refractivity contribution is 6.00. The Morgan fingerprint density at radius 1 is 1.13 bits per heavy atom. The number of anilines is 2. The minimum atomic E-state index is -0.531. The third-order valence-corrected chi connectivity index (χ3v) is 6.49. The zero-order chi connectivity index (χ0) is 28.7. The molecule has 1 aliphatic heterocycles. The van der Waals surface area contributed by atoms with Crippen LogP contribution in [-0.2, 0) is 11.2 Å². The first-order valence-corrected chi connectivity index (χ1v) is 13.0. The number of hydrogen-bond acceptors (Lipinski definition) is 5. The molecule has 11 heteroatoms. The fourth-order valence-electron chi connectivity index (χ4n) is 4.26. The van der Waals surface area contributed by atoms with Crippen molar-refractivity contribution >= 4 is 29.3 Å². The minimum absolute atomic E-state index is 0.00209. The zero-order valence-electron chi connectivity index (χ0n) is 23.0. The van der Waals surface area contributed by atoms with Gasteiger partial charge >= 0.3 is 12.1 Å². The summed E-state index contributed by atoms with van der Waals surface area (Å²) in [5, 5.41) is 18.0. The van der Waals surface area contributed by atoms with Gasteiger partial charge in [0.2, 0.25) is 5.91 Å². The van der Waals surface area contributed by atoms with Gasteiger partial charge in [-0.15, -0.1) is 0 Å². The molecule has 0 unspecified atom stereocenters. The molecule has 0 bridgehead atoms. The second-order valence-electron chi connectivity index (χ2n) is 10.3. The van der Waals surface area contributed by atoms with E-state index in [0.29, 0.717) is 29.2 Å². The zero-order valence-corrected chi connectivity index (χ0v) is 23.0. The molecule has 3 rings (SSSR count). The van der Waals surface area contributed by atoms with Crippen molar-refractivity contribution in [3.63, 3.8) is 0 Å². The number of fused-ring (bicyclic) bond motifs is 1. The molecule has 0 aromatic heterocycles. The standard InChI is InChI=1S/C28H38FN5O5/c1-17(2)30-28(38)33(5)15-25-18(3)14-34(19(4)16-35)26(36)13-20-12-23(10-11-24(20)39-25)32-27(37)31-22-8-6-21(29)7-9-22/h6-12,17-19,25,35H,13-16H2,1-5H3,(H,30,38)(H2,31,32,37)/t18-,19+,25-/m0/s1. The first-order chi connectivity index (χ1) is 18.5. The monoisotopic (exact) mass is 543 g/mol. The summed E-state index contributed by atoms with van der Waals surface area (Å²) in [7, 11) is 1.69. The molecule has 1 aliphatic rings. The first-order valence-electron chi connectivity index (χ1n) is 13.0. The van der Waals surface area contributed by atoms with Crippen LogP contribution in [0.1, 0.15) is 33.3 Å². The Morgan fingerprint density at radius 2 is 1.77 bits per heavy atom. The molecule has 5 amide bonds. The van der Waals surface area contributed by atoms with E-state index in [1.807, 2.05) is 20.8 Å². The smallest absolute Gasteiger partial charge is 0.323 e. The summed E-state index contributed by atoms with van der Waals surface area (Å²) in [4.78, 5) is 41.6. The summed E-state index contributed by atoms with van der Waals surface area (Å²) in [5.74, 6) is -0.289. The lowest BCUT2D eigenvalue weighted by atomic mass is 10.0. The quantitative estimate of drug-likeness (QED) is 0.424. The van der Waals surface area contributed by atoms with E-state index in [1.165, 1.54) is 24.3 Å². The van der Waals surface area contributed by atoms with Crippen molar-refractivity contribution in [1.29, 1.82) is 0 Å². The molecular formula is C28H38FN5O5. The van der Waals surface area contributed by atoms with Crippen LogP contribution in [-0.4, -0.2) is 77.8 Å². The first kappa shape index (κ1) is 29.7. The van der Waals surface area contributed by atoms with E-state index in [1.54, 1.807) is 42.0 Å². The number of hydrogen-bond donors (Lipinski definition) is 4. The van der Waals surface area contributed by atoms with E-state index >= 15 is 0 Å². The van der Waals surface area contributed by atoms with Crippen LogP contribution in [0.5, 0.6) is 5.75 Å². The van der Waals surface area contributed by atoms with E-state index in [4.69, 9.17) is 4.74 Å². The number of carbonyl (C=O) groups is 3. The molecule has 1 heterocycles. The number of nitrogens with one attached hydrogen (secondary N) is 3. The van der Waals surface area contributed by atoms with Crippen LogP contribution in [0.4, 0.5) is 25.4 Å². The Morgan fingerprint density at radius 3 is 2.41 bits per heavy atom. The van der Waals surface area contributed by atoms with E-state index in [2.05, 4.69) is 16.0 Å². The minimum Gasteiger partial charge on any atom is -0.488 e. The van der Waals surface area contributed by atoms with Crippen molar-refractivity contribution in [3.8, 4) is 5.75 Å². The molecule has 39 heavy (non-hydrogen) atoms. The van der Waals surface area contributed by atoms with E-state index in [9.17, 15) is 23.9 Å². The SMILES string of the molecule is CC(C)NC(=O)N(C)C[C@@H]1Oc2ccc(NC(=O)Nc3ccc(F)cc3)cc2CC(=O)N([C@H](C)CO)C[C@@H]1C. The number of carbonyl (C=O) groups excluding carboxylic acids is 3. The summed E-state index contributed by atoms with van der Waals surface area (Å²) in [6.45, 7) is 7.90. The summed E-state index contributed by atoms with van der Waals surface area (Å²) in [5.41, 5.74) is 1.41. The lowest BCUT2D eigenvalue weighted by Gasteiger charge is -2.34. The van der Waals surface area contributed by atoms with E-state index in [0.717, 1.165) is 0 Å². The van der Waals surface area contributed by atoms with Crippen molar-refractivity contribution in [1.82, 2.24) is 15.1 Å². The van der Waals surface area contributed by atoms with Gasteiger partial charge in [0, 0.05) is 42.5 Å². The van der Waals surface area contributed by atoms with Gasteiger partial charge in [-0.2, -0.15) is 0 Å². The average Bonchev–Trinajstić information content (AvgIpc) is 2.92. The van der Waals surface area contributed by atoms with Gasteiger partial charge in [-0.25, -0.2) is 14.0 Å². The lowest BCUT2D eigenvalue weighted by molar-refractivity contribution is -0.134. The summed E-state index contributed by atoms with van der Waals surface area (Å²) in [6, 6.07) is 9.20. The van der Waals surface area contributed by atoms with Crippen LogP contribution in [0.15, 0.2) is 42.5 Å². The number of aliphatic hydroxyl groups is 1. The second kappa shape index (κ2) is 13.3. The largest absolute Gasteiger partial charge is 0.488 e. The number of benzene rings is 2. The Hall–Kier alpha value is -3.86. The van der Waals surface area contributed by atoms with Crippen LogP contribution in [0, 0.1) is 11.7 Å². The van der Waals surface area contributed by atoms with Crippen molar-refractivity contribution in [3.05, 3.63) is 53.8 Å². The molecule has 0 saturated heterocycles. The Bertz CT molecular complexity index is 1160. The van der Waals surface area contributed by atoms with Gasteiger partial charge in [-0.1, -0.05) is 6.92 Å². The Balaban J connectivity index is 1.86. The van der Waals surface area contributed by atoms with Gasteiger partial charge < -0.3 is 35.6 Å². The number of likely N-dealkylation sites (N-methyl/N-ethyl adjacent to an activating group) is 1. The van der Waals surface area contributed by atoms with Crippen molar-refractivity contribution in [2.75, 3.05) is 37.4 Å². The molecule has 2 aromatic rings. The molecule has 0 radical (unpaired) electrons. The molecular weight excluding hydrogens is 505 g/mol. The fraction of sp³-hybridized carbons (Fsp3) is 0.464. The lowest BCUT2D eigenvalue weighted by Crippen LogP contribution is -2.49. The predicted molar refractivity (Wildman–Crippen MR) is 147 cm³/mol. The normalized spacial score (nSPS) is 18.2. The Labute approximate surface area is 228 Å². The van der Waals surface area contributed by atoms with Crippen LogP contribution in [0.3, 0.4) is 0 Å². The fourth-order valence-corrected chi connectivity index (χ4v) is 4.26. The highest BCUT2D eigenvalue weighted by Crippen LogP contribution is 2.29. The van der Waals surface area contributed by atoms with Gasteiger partial charge in [0.25, 0.3) is 0 Å². The van der Waals surface area contributed by atoms with Crippen LogP contribution < -0.4 is 20.7 Å². The number of amides is 5. The highest BCUT2D eigenvalue weighted by atomic mass is 19.1. The van der Waals surface area contributed by atoms with E-state index in [-0.39, 0.29) is 43.5 Å². The van der Waals surface area contributed by atoms with E-state index < -0.39 is 24.0 Å². The topological polar surface area (TPSA) is 123 Å². The highest BCUT2D eigenvalue weighted by Gasteiger charge is 2.32. The van der Waals surface area contributed by atoms with Gasteiger partial charge in [0.15, 0.2) is 0 Å². The van der Waals surface area contributed by atoms with Crippen molar-refractivity contribution in [2.24, 2.45) is 5.92 Å². The number of rotatable bonds is 7. The molecule has 0 aliphatic carbocycles. The third kappa shape index (κ3) is 8.31. The number of ether oxygens (including phenoxy) is 1. The molecule has 10 nitrogen and oxygen atoms in total. The molecule has 0 fully saturated rings. The maximum absolute atomic E-state index is 13.3. The summed E-state index contributed by atoms with van der Waals surface area (Å²) >= 11 is 0. The van der Waals surface area contributed by atoms with Crippen molar-refractivity contribution < 1.29 is 28.6 Å². The Kier molecular flexibility index (Phi) is 10.1. The van der Waals surface area contributed by atoms with Gasteiger partial charge in [0.1, 0.15) is 17.7 Å². The third-order valence-electron chi connectivity index (χ3n) is 6.49. The number of nitrogens with zero attached hydrogens (tertiary/aromatic N) is 2.